The number of rotatable bonds is 3. The van der Waals surface area contributed by atoms with E-state index in [1.165, 1.54) is 0 Å². The molecule has 122 valence electrons. The van der Waals surface area contributed by atoms with Crippen molar-refractivity contribution in [3.63, 3.8) is 0 Å². The molecular formula is C17H16ClN5O. The van der Waals surface area contributed by atoms with Gasteiger partial charge in [-0.25, -0.2) is 9.78 Å². The summed E-state index contributed by atoms with van der Waals surface area (Å²) in [4.78, 5) is 16.1. The molecule has 0 bridgehead atoms. The van der Waals surface area contributed by atoms with Gasteiger partial charge in [0.1, 0.15) is 5.15 Å². The molecule has 0 unspecified atom stereocenters. The first kappa shape index (κ1) is 16.0. The first-order valence-electron chi connectivity index (χ1n) is 7.34. The van der Waals surface area contributed by atoms with E-state index in [1.54, 1.807) is 18.3 Å². The van der Waals surface area contributed by atoms with Crippen LogP contribution in [-0.2, 0) is 0 Å². The first-order chi connectivity index (χ1) is 11.5. The van der Waals surface area contributed by atoms with Crippen LogP contribution in [0.3, 0.4) is 0 Å². The fourth-order valence-corrected chi connectivity index (χ4v) is 2.46. The second-order valence-electron chi connectivity index (χ2n) is 5.38. The van der Waals surface area contributed by atoms with Gasteiger partial charge in [-0.3, -0.25) is 10.4 Å². The van der Waals surface area contributed by atoms with Gasteiger partial charge in [-0.15, -0.1) is 0 Å². The molecule has 0 atom stereocenters. The average Bonchev–Trinajstić information content (AvgIpc) is 2.99. The Hall–Kier alpha value is -2.86. The topological polar surface area (TPSA) is 82.7 Å². The molecule has 7 heteroatoms. The van der Waals surface area contributed by atoms with E-state index in [0.29, 0.717) is 16.7 Å². The molecule has 0 saturated carbocycles. The average molecular weight is 342 g/mol. The Morgan fingerprint density at radius 1 is 1.12 bits per heavy atom. The summed E-state index contributed by atoms with van der Waals surface area (Å²) in [5.41, 5.74) is 4.42. The molecule has 0 saturated heterocycles. The van der Waals surface area contributed by atoms with Crippen LogP contribution in [0.15, 0.2) is 42.6 Å². The fourth-order valence-electron chi connectivity index (χ4n) is 2.30. The number of halogens is 1. The Balaban J connectivity index is 1.72. The van der Waals surface area contributed by atoms with Gasteiger partial charge in [0.15, 0.2) is 5.82 Å². The van der Waals surface area contributed by atoms with Crippen LogP contribution in [0.25, 0.3) is 11.3 Å². The number of aromatic nitrogens is 3. The molecular weight excluding hydrogens is 326 g/mol. The zero-order valence-corrected chi connectivity index (χ0v) is 14.0. The maximum Gasteiger partial charge on any atom is 0.324 e. The fraction of sp³-hybridized carbons (Fsp3) is 0.118. The molecule has 6 nitrogen and oxygen atoms in total. The van der Waals surface area contributed by atoms with E-state index in [-0.39, 0.29) is 0 Å². The van der Waals surface area contributed by atoms with E-state index in [1.807, 2.05) is 38.1 Å². The van der Waals surface area contributed by atoms with Crippen molar-refractivity contribution in [2.24, 2.45) is 0 Å². The van der Waals surface area contributed by atoms with Crippen molar-refractivity contribution in [3.05, 3.63) is 58.9 Å². The number of carbonyl (C=O) groups excluding carboxylic acids is 1. The smallest absolute Gasteiger partial charge is 0.307 e. The van der Waals surface area contributed by atoms with E-state index >= 15 is 0 Å². The van der Waals surface area contributed by atoms with Crippen LogP contribution in [-0.4, -0.2) is 21.2 Å². The standard InChI is InChI=1S/C17H16ClN5O/c1-10-5-3-4-6-12(10)14-8-16(23-22-14)21-17(24)20-13-7-15(18)19-9-11(13)2/h3-9H,1-2H3,(H3,19,20,21,22,23,24). The van der Waals surface area contributed by atoms with E-state index < -0.39 is 6.03 Å². The van der Waals surface area contributed by atoms with Gasteiger partial charge in [0, 0.05) is 23.5 Å². The second-order valence-corrected chi connectivity index (χ2v) is 5.77. The SMILES string of the molecule is Cc1cnc(Cl)cc1NC(=O)Nc1cc(-c2ccccc2C)[nH]n1. The minimum atomic E-state index is -0.400. The number of hydrogen-bond donors (Lipinski definition) is 3. The predicted octanol–water partition coefficient (Wildman–Crippen LogP) is 4.39. The molecule has 1 aromatic carbocycles. The summed E-state index contributed by atoms with van der Waals surface area (Å²) in [7, 11) is 0. The monoisotopic (exact) mass is 341 g/mol. The third kappa shape index (κ3) is 3.55. The van der Waals surface area contributed by atoms with E-state index in [4.69, 9.17) is 11.6 Å². The number of H-pyrrole nitrogens is 1. The summed E-state index contributed by atoms with van der Waals surface area (Å²) in [5, 5.41) is 12.8. The maximum absolute atomic E-state index is 12.1. The lowest BCUT2D eigenvalue weighted by Crippen LogP contribution is -2.20. The van der Waals surface area contributed by atoms with Crippen LogP contribution in [0.4, 0.5) is 16.3 Å². The number of benzene rings is 1. The second kappa shape index (κ2) is 6.72. The molecule has 24 heavy (non-hydrogen) atoms. The van der Waals surface area contributed by atoms with Crippen LogP contribution in [0, 0.1) is 13.8 Å². The zero-order valence-electron chi connectivity index (χ0n) is 13.2. The lowest BCUT2D eigenvalue weighted by atomic mass is 10.1. The Morgan fingerprint density at radius 3 is 2.71 bits per heavy atom. The Labute approximate surface area is 144 Å². The van der Waals surface area contributed by atoms with Gasteiger partial charge in [-0.2, -0.15) is 5.10 Å². The largest absolute Gasteiger partial charge is 0.324 e. The molecule has 2 heterocycles. The summed E-state index contributed by atoms with van der Waals surface area (Å²) in [6.07, 6.45) is 1.60. The number of pyridine rings is 1. The number of aryl methyl sites for hydroxylation is 2. The number of aromatic amines is 1. The third-order valence-corrected chi connectivity index (χ3v) is 3.78. The lowest BCUT2D eigenvalue weighted by molar-refractivity contribution is 0.262. The highest BCUT2D eigenvalue weighted by molar-refractivity contribution is 6.29. The van der Waals surface area contributed by atoms with Gasteiger partial charge in [0.2, 0.25) is 0 Å². The quantitative estimate of drug-likeness (QED) is 0.618. The van der Waals surface area contributed by atoms with Crippen molar-refractivity contribution in [2.75, 3.05) is 10.6 Å². The number of urea groups is 1. The summed E-state index contributed by atoms with van der Waals surface area (Å²) in [6.45, 7) is 3.86. The predicted molar refractivity (Wildman–Crippen MR) is 95.4 cm³/mol. The Morgan fingerprint density at radius 2 is 1.92 bits per heavy atom. The van der Waals surface area contributed by atoms with Gasteiger partial charge in [-0.1, -0.05) is 35.9 Å². The van der Waals surface area contributed by atoms with Crippen molar-refractivity contribution in [1.29, 1.82) is 0 Å². The maximum atomic E-state index is 12.1. The minimum Gasteiger partial charge on any atom is -0.307 e. The van der Waals surface area contributed by atoms with Crippen molar-refractivity contribution in [3.8, 4) is 11.3 Å². The van der Waals surface area contributed by atoms with Gasteiger partial charge in [0.05, 0.1) is 5.69 Å². The van der Waals surface area contributed by atoms with Crippen LogP contribution >= 0.6 is 11.6 Å². The van der Waals surface area contributed by atoms with Crippen LogP contribution in [0.5, 0.6) is 0 Å². The number of hydrogen-bond acceptors (Lipinski definition) is 3. The van der Waals surface area contributed by atoms with Gasteiger partial charge in [-0.05, 0) is 31.0 Å². The Bertz CT molecular complexity index is 890. The molecule has 3 aromatic rings. The van der Waals surface area contributed by atoms with Crippen LogP contribution in [0.2, 0.25) is 5.15 Å². The number of nitrogens with one attached hydrogen (secondary N) is 3. The molecule has 0 radical (unpaired) electrons. The van der Waals surface area contributed by atoms with E-state index in [2.05, 4.69) is 25.8 Å². The third-order valence-electron chi connectivity index (χ3n) is 3.57. The molecule has 2 aromatic heterocycles. The van der Waals surface area contributed by atoms with Gasteiger partial charge in [0.25, 0.3) is 0 Å². The molecule has 3 rings (SSSR count). The normalized spacial score (nSPS) is 10.5. The number of anilines is 2. The zero-order chi connectivity index (χ0) is 17.1. The highest BCUT2D eigenvalue weighted by Gasteiger charge is 2.10. The molecule has 0 fully saturated rings. The molecule has 2 amide bonds. The molecule has 0 aliphatic heterocycles. The van der Waals surface area contributed by atoms with E-state index in [0.717, 1.165) is 22.4 Å². The molecule has 3 N–H and O–H groups in total. The summed E-state index contributed by atoms with van der Waals surface area (Å²) in [6, 6.07) is 10.9. The Kier molecular flexibility index (Phi) is 4.48. The summed E-state index contributed by atoms with van der Waals surface area (Å²) in [5.74, 6) is 0.434. The highest BCUT2D eigenvalue weighted by atomic mass is 35.5. The number of nitrogens with zero attached hydrogens (tertiary/aromatic N) is 2. The molecule has 0 aliphatic carbocycles. The van der Waals surface area contributed by atoms with Crippen molar-refractivity contribution in [1.82, 2.24) is 15.2 Å². The van der Waals surface area contributed by atoms with Crippen molar-refractivity contribution in [2.45, 2.75) is 13.8 Å². The molecule has 0 aliphatic rings. The van der Waals surface area contributed by atoms with Crippen molar-refractivity contribution < 1.29 is 4.79 Å². The number of amides is 2. The van der Waals surface area contributed by atoms with Gasteiger partial charge < -0.3 is 5.32 Å². The highest BCUT2D eigenvalue weighted by Crippen LogP contribution is 2.23. The van der Waals surface area contributed by atoms with Crippen LogP contribution < -0.4 is 10.6 Å². The first-order valence-corrected chi connectivity index (χ1v) is 7.72. The summed E-state index contributed by atoms with van der Waals surface area (Å²) < 4.78 is 0. The summed E-state index contributed by atoms with van der Waals surface area (Å²) >= 11 is 5.85. The van der Waals surface area contributed by atoms with Crippen LogP contribution in [0.1, 0.15) is 11.1 Å². The van der Waals surface area contributed by atoms with E-state index in [9.17, 15) is 4.79 Å². The molecule has 0 spiro atoms. The van der Waals surface area contributed by atoms with Crippen molar-refractivity contribution >= 4 is 29.1 Å². The number of carbonyl (C=O) groups is 1. The lowest BCUT2D eigenvalue weighted by Gasteiger charge is -2.08. The minimum absolute atomic E-state index is 0.317. The van der Waals surface area contributed by atoms with Gasteiger partial charge >= 0.3 is 6.03 Å².